The number of nitro benzene ring substituents is 1. The molecule has 2 amide bonds. The quantitative estimate of drug-likeness (QED) is 0.201. The van der Waals surface area contributed by atoms with Crippen molar-refractivity contribution >= 4 is 45.5 Å². The number of esters is 1. The summed E-state index contributed by atoms with van der Waals surface area (Å²) in [5.41, 5.74) is 1.95. The number of aryl methyl sites for hydroxylation is 1. The molecule has 2 aromatic carbocycles. The van der Waals surface area contributed by atoms with Gasteiger partial charge in [-0.3, -0.25) is 24.5 Å². The molecule has 5 rings (SSSR count). The fourth-order valence-corrected chi connectivity index (χ4v) is 5.91. The summed E-state index contributed by atoms with van der Waals surface area (Å²) in [5.74, 6) is -2.63. The van der Waals surface area contributed by atoms with Crippen molar-refractivity contribution in [3.63, 3.8) is 0 Å². The predicted molar refractivity (Wildman–Crippen MR) is 135 cm³/mol. The molecule has 0 saturated carbocycles. The molecule has 0 radical (unpaired) electrons. The highest BCUT2D eigenvalue weighted by Crippen LogP contribution is 2.49. The first-order valence-corrected chi connectivity index (χ1v) is 12.5. The maximum absolute atomic E-state index is 13.9. The number of hydrogen-bond acceptors (Lipinski definition) is 9. The van der Waals surface area contributed by atoms with E-state index >= 15 is 0 Å². The predicted octanol–water partition coefficient (Wildman–Crippen LogP) is 4.50. The molecule has 1 aromatic heterocycles. The topological polar surface area (TPSA) is 119 Å². The normalized spacial score (nSPS) is 20.9. The molecule has 0 N–H and O–H groups in total. The summed E-state index contributed by atoms with van der Waals surface area (Å²) in [6.45, 7) is 5.40. The third kappa shape index (κ3) is 3.96. The van der Waals surface area contributed by atoms with Gasteiger partial charge in [-0.15, -0.1) is 11.3 Å². The summed E-state index contributed by atoms with van der Waals surface area (Å²) in [7, 11) is 0. The maximum atomic E-state index is 13.9. The van der Waals surface area contributed by atoms with Crippen molar-refractivity contribution in [1.82, 2.24) is 0 Å². The number of anilines is 2. The van der Waals surface area contributed by atoms with Crippen LogP contribution in [0.2, 0.25) is 0 Å². The molecular formula is C26H23N3O7S. The van der Waals surface area contributed by atoms with Crippen molar-refractivity contribution in [2.24, 2.45) is 5.92 Å². The number of non-ortho nitro benzene ring substituents is 1. The zero-order chi connectivity index (χ0) is 26.4. The molecule has 0 spiro atoms. The number of para-hydroxylation sites is 1. The molecule has 2 fully saturated rings. The third-order valence-electron chi connectivity index (χ3n) is 6.62. The second kappa shape index (κ2) is 9.41. The SMILES string of the molecule is CCOC(=O)c1c(N2C(=O)C3ON(c4ccccc4)C(c4ccc([N+](=O)[O-])cc4)C3C2=O)sc(C)c1C. The van der Waals surface area contributed by atoms with E-state index in [9.17, 15) is 24.5 Å². The van der Waals surface area contributed by atoms with Gasteiger partial charge >= 0.3 is 5.97 Å². The average Bonchev–Trinajstić information content (AvgIpc) is 3.50. The van der Waals surface area contributed by atoms with Crippen molar-refractivity contribution in [1.29, 1.82) is 0 Å². The van der Waals surface area contributed by atoms with Crippen LogP contribution in [0, 0.1) is 29.9 Å². The van der Waals surface area contributed by atoms with Gasteiger partial charge in [0.1, 0.15) is 10.9 Å². The number of imide groups is 1. The second-order valence-electron chi connectivity index (χ2n) is 8.70. The molecule has 10 nitrogen and oxygen atoms in total. The summed E-state index contributed by atoms with van der Waals surface area (Å²) in [5, 5.41) is 12.9. The number of carbonyl (C=O) groups is 3. The number of ether oxygens (including phenoxy) is 1. The molecule has 190 valence electrons. The highest BCUT2D eigenvalue weighted by atomic mass is 32.1. The van der Waals surface area contributed by atoms with Crippen molar-refractivity contribution in [2.45, 2.75) is 32.9 Å². The number of hydroxylamine groups is 1. The zero-order valence-corrected chi connectivity index (χ0v) is 21.1. The van der Waals surface area contributed by atoms with E-state index in [0.29, 0.717) is 16.8 Å². The van der Waals surface area contributed by atoms with Crippen LogP contribution in [0.1, 0.15) is 39.3 Å². The second-order valence-corrected chi connectivity index (χ2v) is 9.91. The summed E-state index contributed by atoms with van der Waals surface area (Å²) in [6.07, 6.45) is -1.13. The largest absolute Gasteiger partial charge is 0.462 e. The van der Waals surface area contributed by atoms with Gasteiger partial charge in [0, 0.05) is 17.0 Å². The van der Waals surface area contributed by atoms with Crippen LogP contribution in [0.4, 0.5) is 16.4 Å². The minimum Gasteiger partial charge on any atom is -0.462 e. The summed E-state index contributed by atoms with van der Waals surface area (Å²) >= 11 is 1.18. The Bertz CT molecular complexity index is 1400. The van der Waals surface area contributed by atoms with E-state index in [-0.39, 0.29) is 22.9 Å². The van der Waals surface area contributed by atoms with Gasteiger partial charge in [0.15, 0.2) is 6.10 Å². The molecule has 2 aliphatic heterocycles. The van der Waals surface area contributed by atoms with E-state index in [4.69, 9.17) is 9.57 Å². The number of rotatable bonds is 6. The van der Waals surface area contributed by atoms with Crippen molar-refractivity contribution in [2.75, 3.05) is 16.6 Å². The standard InChI is InChI=1S/C26H23N3O7S/c1-4-35-26(32)19-14(2)15(3)37-25(19)27-23(30)20-21(16-10-12-18(13-11-16)29(33)34)28(36-22(20)24(27)31)17-8-6-5-7-9-17/h5-13,20-22H,4H2,1-3H3. The molecule has 0 aliphatic carbocycles. The lowest BCUT2D eigenvalue weighted by atomic mass is 9.90. The number of carbonyl (C=O) groups excluding carboxylic acids is 3. The number of fused-ring (bicyclic) bond motifs is 1. The lowest BCUT2D eigenvalue weighted by molar-refractivity contribution is -0.384. The molecule has 3 atom stereocenters. The van der Waals surface area contributed by atoms with Crippen LogP contribution < -0.4 is 9.96 Å². The Morgan fingerprint density at radius 2 is 1.76 bits per heavy atom. The minimum absolute atomic E-state index is 0.0930. The average molecular weight is 522 g/mol. The van der Waals surface area contributed by atoms with Crippen LogP contribution in [-0.2, 0) is 19.2 Å². The third-order valence-corrected chi connectivity index (χ3v) is 7.81. The molecule has 2 saturated heterocycles. The number of nitrogens with zero attached hydrogens (tertiary/aromatic N) is 3. The fraction of sp³-hybridized carbons (Fsp3) is 0.269. The lowest BCUT2D eigenvalue weighted by Crippen LogP contribution is -2.37. The van der Waals surface area contributed by atoms with Gasteiger partial charge in [-0.1, -0.05) is 30.3 Å². The Labute approximate surface area is 216 Å². The zero-order valence-electron chi connectivity index (χ0n) is 20.2. The van der Waals surface area contributed by atoms with Gasteiger partial charge < -0.3 is 4.74 Å². The molecule has 3 heterocycles. The number of benzene rings is 2. The van der Waals surface area contributed by atoms with Gasteiger partial charge in [0.2, 0.25) is 5.91 Å². The summed E-state index contributed by atoms with van der Waals surface area (Å²) in [4.78, 5) is 59.0. The van der Waals surface area contributed by atoms with E-state index in [1.54, 1.807) is 50.2 Å². The van der Waals surface area contributed by atoms with Crippen molar-refractivity contribution < 1.29 is 28.9 Å². The summed E-state index contributed by atoms with van der Waals surface area (Å²) < 4.78 is 5.21. The molecule has 3 unspecified atom stereocenters. The first-order valence-electron chi connectivity index (χ1n) is 11.6. The van der Waals surface area contributed by atoms with Crippen LogP contribution in [0.25, 0.3) is 0 Å². The highest BCUT2D eigenvalue weighted by Gasteiger charge is 2.61. The molecular weight excluding hydrogens is 498 g/mol. The molecule has 37 heavy (non-hydrogen) atoms. The van der Waals surface area contributed by atoms with Crippen LogP contribution in [-0.4, -0.2) is 35.4 Å². The van der Waals surface area contributed by atoms with Crippen LogP contribution in [0.3, 0.4) is 0 Å². The molecule has 3 aromatic rings. The Morgan fingerprint density at radius 3 is 2.38 bits per heavy atom. The fourth-order valence-electron chi connectivity index (χ4n) is 4.76. The van der Waals surface area contributed by atoms with Gasteiger partial charge in [-0.2, -0.15) is 0 Å². The summed E-state index contributed by atoms with van der Waals surface area (Å²) in [6, 6.07) is 14.1. The Balaban J connectivity index is 1.59. The van der Waals surface area contributed by atoms with E-state index < -0.39 is 40.8 Å². The van der Waals surface area contributed by atoms with Crippen LogP contribution >= 0.6 is 11.3 Å². The van der Waals surface area contributed by atoms with E-state index in [2.05, 4.69) is 0 Å². The van der Waals surface area contributed by atoms with Crippen molar-refractivity contribution in [3.8, 4) is 0 Å². The van der Waals surface area contributed by atoms with Gasteiger partial charge in [0.05, 0.1) is 28.8 Å². The lowest BCUT2D eigenvalue weighted by Gasteiger charge is -2.28. The first-order chi connectivity index (χ1) is 17.7. The van der Waals surface area contributed by atoms with Crippen LogP contribution in [0.15, 0.2) is 54.6 Å². The number of hydrogen-bond donors (Lipinski definition) is 0. The van der Waals surface area contributed by atoms with E-state index in [1.165, 1.54) is 28.5 Å². The molecule has 0 bridgehead atoms. The Hall–Kier alpha value is -4.09. The van der Waals surface area contributed by atoms with Gasteiger partial charge in [-0.05, 0) is 44.0 Å². The Morgan fingerprint density at radius 1 is 1.08 bits per heavy atom. The molecule has 11 heteroatoms. The van der Waals surface area contributed by atoms with E-state index in [1.807, 2.05) is 13.0 Å². The number of nitro groups is 1. The first kappa shape index (κ1) is 24.6. The van der Waals surface area contributed by atoms with E-state index in [0.717, 1.165) is 9.78 Å². The van der Waals surface area contributed by atoms with Crippen LogP contribution in [0.5, 0.6) is 0 Å². The molecule has 2 aliphatic rings. The van der Waals surface area contributed by atoms with Gasteiger partial charge in [0.25, 0.3) is 11.6 Å². The van der Waals surface area contributed by atoms with Gasteiger partial charge in [-0.25, -0.2) is 14.8 Å². The smallest absolute Gasteiger partial charge is 0.341 e. The minimum atomic E-state index is -1.13. The monoisotopic (exact) mass is 521 g/mol. The highest BCUT2D eigenvalue weighted by molar-refractivity contribution is 7.17. The van der Waals surface area contributed by atoms with Crippen molar-refractivity contribution in [3.05, 3.63) is 86.3 Å². The Kier molecular flexibility index (Phi) is 6.26. The maximum Gasteiger partial charge on any atom is 0.341 e. The number of thiophene rings is 1. The number of amides is 2.